The molecule has 0 aromatic heterocycles. The summed E-state index contributed by atoms with van der Waals surface area (Å²) in [6.45, 7) is 6.22. The highest BCUT2D eigenvalue weighted by atomic mass is 16.6. The normalized spacial score (nSPS) is 10.5. The predicted molar refractivity (Wildman–Crippen MR) is 105 cm³/mol. The predicted octanol–water partition coefficient (Wildman–Crippen LogP) is 3.40. The molecule has 5 nitrogen and oxygen atoms in total. The van der Waals surface area contributed by atoms with Crippen molar-refractivity contribution in [2.45, 2.75) is 33.1 Å². The average Bonchev–Trinajstić information content (AvgIpc) is 2.65. The highest BCUT2D eigenvalue weighted by molar-refractivity contribution is 5.80. The van der Waals surface area contributed by atoms with Crippen LogP contribution >= 0.6 is 0 Å². The Labute approximate surface area is 160 Å². The van der Waals surface area contributed by atoms with E-state index in [0.717, 1.165) is 17.5 Å². The molecule has 0 bridgehead atoms. The topological polar surface area (TPSA) is 64.6 Å². The first-order valence-corrected chi connectivity index (χ1v) is 9.14. The van der Waals surface area contributed by atoms with E-state index in [4.69, 9.17) is 9.47 Å². The number of carbonyl (C=O) groups is 2. The summed E-state index contributed by atoms with van der Waals surface area (Å²) in [6, 6.07) is 15.7. The molecule has 0 heterocycles. The van der Waals surface area contributed by atoms with Crippen LogP contribution in [0.2, 0.25) is 0 Å². The van der Waals surface area contributed by atoms with Gasteiger partial charge in [-0.2, -0.15) is 0 Å². The number of amides is 1. The van der Waals surface area contributed by atoms with Gasteiger partial charge in [0.05, 0.1) is 0 Å². The third-order valence-corrected chi connectivity index (χ3v) is 4.09. The molecule has 0 aliphatic carbocycles. The molecule has 2 rings (SSSR count). The largest absolute Gasteiger partial charge is 0.482 e. The third kappa shape index (κ3) is 7.52. The molecule has 0 aliphatic rings. The second kappa shape index (κ2) is 10.4. The summed E-state index contributed by atoms with van der Waals surface area (Å²) in [4.78, 5) is 23.4. The maximum atomic E-state index is 11.8. The van der Waals surface area contributed by atoms with Crippen molar-refractivity contribution in [2.24, 2.45) is 0 Å². The fourth-order valence-electron chi connectivity index (χ4n) is 2.50. The first-order chi connectivity index (χ1) is 12.9. The molecule has 0 aliphatic heterocycles. The van der Waals surface area contributed by atoms with Gasteiger partial charge in [0.25, 0.3) is 5.91 Å². The summed E-state index contributed by atoms with van der Waals surface area (Å²) in [5, 5.41) is 2.75. The van der Waals surface area contributed by atoms with Crippen molar-refractivity contribution in [3.05, 3.63) is 65.2 Å². The zero-order valence-electron chi connectivity index (χ0n) is 16.2. The standard InChI is InChI=1S/C22H27NO4/c1-16(2)19-9-7-18(8-10-19)11-12-23-21(24)14-27-22(25)15-26-20-6-4-5-17(3)13-20/h4-10,13,16H,11-12,14-15H2,1-3H3,(H,23,24). The maximum Gasteiger partial charge on any atom is 0.344 e. The van der Waals surface area contributed by atoms with Crippen LogP contribution in [-0.2, 0) is 20.7 Å². The summed E-state index contributed by atoms with van der Waals surface area (Å²) >= 11 is 0. The van der Waals surface area contributed by atoms with Gasteiger partial charge in [-0.05, 0) is 48.1 Å². The van der Waals surface area contributed by atoms with Crippen LogP contribution in [-0.4, -0.2) is 31.6 Å². The van der Waals surface area contributed by atoms with E-state index in [-0.39, 0.29) is 19.1 Å². The molecule has 27 heavy (non-hydrogen) atoms. The molecule has 1 amide bonds. The van der Waals surface area contributed by atoms with Gasteiger partial charge in [-0.25, -0.2) is 4.79 Å². The first-order valence-electron chi connectivity index (χ1n) is 9.14. The molecular weight excluding hydrogens is 342 g/mol. The van der Waals surface area contributed by atoms with E-state index in [1.807, 2.05) is 25.1 Å². The van der Waals surface area contributed by atoms with Crippen molar-refractivity contribution >= 4 is 11.9 Å². The van der Waals surface area contributed by atoms with Crippen LogP contribution in [0.25, 0.3) is 0 Å². The Morgan fingerprint density at radius 1 is 1.04 bits per heavy atom. The minimum Gasteiger partial charge on any atom is -0.482 e. The second-order valence-electron chi connectivity index (χ2n) is 6.76. The van der Waals surface area contributed by atoms with Gasteiger partial charge in [0.2, 0.25) is 0 Å². The van der Waals surface area contributed by atoms with E-state index in [1.165, 1.54) is 5.56 Å². The summed E-state index contributed by atoms with van der Waals surface area (Å²) in [5.41, 5.74) is 3.49. The van der Waals surface area contributed by atoms with Crippen LogP contribution in [0.4, 0.5) is 0 Å². The SMILES string of the molecule is Cc1cccc(OCC(=O)OCC(=O)NCCc2ccc(C(C)C)cc2)c1. The van der Waals surface area contributed by atoms with Crippen molar-refractivity contribution < 1.29 is 19.1 Å². The van der Waals surface area contributed by atoms with Crippen LogP contribution in [0.3, 0.4) is 0 Å². The first kappa shape index (κ1) is 20.5. The van der Waals surface area contributed by atoms with Gasteiger partial charge in [-0.1, -0.05) is 50.2 Å². The molecule has 0 atom stereocenters. The lowest BCUT2D eigenvalue weighted by Crippen LogP contribution is -2.31. The fourth-order valence-corrected chi connectivity index (χ4v) is 2.50. The number of nitrogens with one attached hydrogen (secondary N) is 1. The molecular formula is C22H27NO4. The zero-order valence-corrected chi connectivity index (χ0v) is 16.2. The molecule has 2 aromatic carbocycles. The van der Waals surface area contributed by atoms with Gasteiger partial charge in [0.1, 0.15) is 5.75 Å². The molecule has 1 N–H and O–H groups in total. The van der Waals surface area contributed by atoms with E-state index >= 15 is 0 Å². The summed E-state index contributed by atoms with van der Waals surface area (Å²) < 4.78 is 10.3. The maximum absolute atomic E-state index is 11.8. The Kier molecular flexibility index (Phi) is 7.86. The van der Waals surface area contributed by atoms with Crippen LogP contribution in [0.15, 0.2) is 48.5 Å². The van der Waals surface area contributed by atoms with Crippen LogP contribution in [0.5, 0.6) is 5.75 Å². The molecule has 0 radical (unpaired) electrons. The number of aryl methyl sites for hydroxylation is 1. The quantitative estimate of drug-likeness (QED) is 0.688. The summed E-state index contributed by atoms with van der Waals surface area (Å²) in [6.07, 6.45) is 0.731. The molecule has 2 aromatic rings. The highest BCUT2D eigenvalue weighted by Gasteiger charge is 2.08. The van der Waals surface area contributed by atoms with Gasteiger partial charge in [0.15, 0.2) is 13.2 Å². The van der Waals surface area contributed by atoms with Crippen LogP contribution in [0, 0.1) is 6.92 Å². The number of carbonyl (C=O) groups excluding carboxylic acids is 2. The Bertz CT molecular complexity index is 753. The lowest BCUT2D eigenvalue weighted by Gasteiger charge is -2.09. The number of rotatable bonds is 9. The highest BCUT2D eigenvalue weighted by Crippen LogP contribution is 2.14. The minimum atomic E-state index is -0.573. The lowest BCUT2D eigenvalue weighted by atomic mass is 10.0. The average molecular weight is 369 g/mol. The van der Waals surface area contributed by atoms with Crippen LogP contribution < -0.4 is 10.1 Å². The van der Waals surface area contributed by atoms with E-state index in [9.17, 15) is 9.59 Å². The van der Waals surface area contributed by atoms with E-state index < -0.39 is 5.97 Å². The fraction of sp³-hybridized carbons (Fsp3) is 0.364. The number of benzene rings is 2. The number of hydrogen-bond donors (Lipinski definition) is 1. The molecule has 0 saturated heterocycles. The third-order valence-electron chi connectivity index (χ3n) is 4.09. The van der Waals surface area contributed by atoms with Gasteiger partial charge in [0, 0.05) is 6.54 Å². The molecule has 0 spiro atoms. The molecule has 0 unspecified atom stereocenters. The van der Waals surface area contributed by atoms with Crippen molar-refractivity contribution in [3.63, 3.8) is 0 Å². The van der Waals surface area contributed by atoms with Gasteiger partial charge < -0.3 is 14.8 Å². The van der Waals surface area contributed by atoms with E-state index in [1.54, 1.807) is 6.07 Å². The van der Waals surface area contributed by atoms with Crippen LogP contribution in [0.1, 0.15) is 36.5 Å². The minimum absolute atomic E-state index is 0.223. The Morgan fingerprint density at radius 2 is 1.78 bits per heavy atom. The molecule has 0 fully saturated rings. The molecule has 144 valence electrons. The second-order valence-corrected chi connectivity index (χ2v) is 6.76. The Morgan fingerprint density at radius 3 is 2.44 bits per heavy atom. The van der Waals surface area contributed by atoms with Crippen molar-refractivity contribution in [3.8, 4) is 5.75 Å². The van der Waals surface area contributed by atoms with Crippen molar-refractivity contribution in [1.29, 1.82) is 0 Å². The summed E-state index contributed by atoms with van der Waals surface area (Å²) in [7, 11) is 0. The smallest absolute Gasteiger partial charge is 0.344 e. The van der Waals surface area contributed by atoms with Gasteiger partial charge >= 0.3 is 5.97 Å². The van der Waals surface area contributed by atoms with Crippen molar-refractivity contribution in [2.75, 3.05) is 19.8 Å². The number of esters is 1. The Hall–Kier alpha value is -2.82. The zero-order chi connectivity index (χ0) is 19.6. The number of ether oxygens (including phenoxy) is 2. The molecule has 0 saturated carbocycles. The van der Waals surface area contributed by atoms with Gasteiger partial charge in [-0.15, -0.1) is 0 Å². The molecule has 5 heteroatoms. The van der Waals surface area contributed by atoms with E-state index in [0.29, 0.717) is 18.2 Å². The van der Waals surface area contributed by atoms with Crippen molar-refractivity contribution in [1.82, 2.24) is 5.32 Å². The summed E-state index contributed by atoms with van der Waals surface area (Å²) in [5.74, 6) is 0.205. The number of hydrogen-bond acceptors (Lipinski definition) is 4. The van der Waals surface area contributed by atoms with E-state index in [2.05, 4.69) is 43.4 Å². The lowest BCUT2D eigenvalue weighted by molar-refractivity contribution is -0.150. The Balaban J connectivity index is 1.61. The monoisotopic (exact) mass is 369 g/mol. The van der Waals surface area contributed by atoms with Gasteiger partial charge in [-0.3, -0.25) is 4.79 Å².